The molecule has 0 aliphatic carbocycles. The highest BCUT2D eigenvalue weighted by molar-refractivity contribution is 7.89. The summed E-state index contributed by atoms with van der Waals surface area (Å²) in [6, 6.07) is 17.0. The fraction of sp³-hybridized carbons (Fsp3) is 0.250. The summed E-state index contributed by atoms with van der Waals surface area (Å²) in [5.74, 6) is 0.169. The SMILES string of the molecule is COc1ccc(NC(=O)c2ccc(CNS(=O)(=O)c3ccc(C(C)(C)C)cc3)cc2)cn1. The second-order valence-electron chi connectivity index (χ2n) is 8.34. The van der Waals surface area contributed by atoms with Crippen LogP contribution in [0.15, 0.2) is 71.8 Å². The Balaban J connectivity index is 1.60. The zero-order valence-corrected chi connectivity index (χ0v) is 19.4. The van der Waals surface area contributed by atoms with Gasteiger partial charge in [0.15, 0.2) is 0 Å². The molecule has 0 radical (unpaired) electrons. The zero-order chi connectivity index (χ0) is 23.4. The molecule has 3 rings (SSSR count). The van der Waals surface area contributed by atoms with Crippen LogP contribution in [0.3, 0.4) is 0 Å². The molecule has 1 amide bonds. The van der Waals surface area contributed by atoms with Crippen molar-refractivity contribution in [1.82, 2.24) is 9.71 Å². The van der Waals surface area contributed by atoms with Crippen molar-refractivity contribution < 1.29 is 17.9 Å². The first-order valence-corrected chi connectivity index (χ1v) is 11.6. The summed E-state index contributed by atoms with van der Waals surface area (Å²) in [6.45, 7) is 6.35. The monoisotopic (exact) mass is 453 g/mol. The molecule has 7 nitrogen and oxygen atoms in total. The molecule has 8 heteroatoms. The third-order valence-corrected chi connectivity index (χ3v) is 6.33. The minimum Gasteiger partial charge on any atom is -0.481 e. The number of hydrogen-bond acceptors (Lipinski definition) is 5. The van der Waals surface area contributed by atoms with Gasteiger partial charge in [-0.3, -0.25) is 4.79 Å². The summed E-state index contributed by atoms with van der Waals surface area (Å²) in [5.41, 5.74) is 2.75. The fourth-order valence-corrected chi connectivity index (χ4v) is 3.97. The Morgan fingerprint density at radius 3 is 2.16 bits per heavy atom. The Labute approximate surface area is 188 Å². The minimum atomic E-state index is -3.64. The van der Waals surface area contributed by atoms with Gasteiger partial charge in [-0.2, -0.15) is 0 Å². The maximum absolute atomic E-state index is 12.6. The second-order valence-corrected chi connectivity index (χ2v) is 10.1. The summed E-state index contributed by atoms with van der Waals surface area (Å²) in [6.07, 6.45) is 1.51. The van der Waals surface area contributed by atoms with Crippen LogP contribution < -0.4 is 14.8 Å². The van der Waals surface area contributed by atoms with Gasteiger partial charge < -0.3 is 10.1 Å². The topological polar surface area (TPSA) is 97.4 Å². The van der Waals surface area contributed by atoms with Crippen molar-refractivity contribution in [2.75, 3.05) is 12.4 Å². The van der Waals surface area contributed by atoms with Crippen molar-refractivity contribution in [3.8, 4) is 5.88 Å². The van der Waals surface area contributed by atoms with Crippen LogP contribution in [0.25, 0.3) is 0 Å². The highest BCUT2D eigenvalue weighted by Crippen LogP contribution is 2.23. The standard InChI is InChI=1S/C24H27N3O4S/c1-24(2,3)19-9-12-21(13-10-19)32(29,30)26-15-17-5-7-18(8-6-17)23(28)27-20-11-14-22(31-4)25-16-20/h5-14,16,26H,15H2,1-4H3,(H,27,28). The summed E-state index contributed by atoms with van der Waals surface area (Å²) in [4.78, 5) is 16.7. The minimum absolute atomic E-state index is 0.0480. The molecule has 0 saturated heterocycles. The third-order valence-electron chi connectivity index (χ3n) is 4.92. The van der Waals surface area contributed by atoms with E-state index in [0.717, 1.165) is 11.1 Å². The van der Waals surface area contributed by atoms with Crippen molar-refractivity contribution in [1.29, 1.82) is 0 Å². The molecule has 3 aromatic rings. The summed E-state index contributed by atoms with van der Waals surface area (Å²) in [7, 11) is -2.12. The fourth-order valence-electron chi connectivity index (χ4n) is 2.95. The number of aromatic nitrogens is 1. The first-order chi connectivity index (χ1) is 15.1. The van der Waals surface area contributed by atoms with Gasteiger partial charge in [-0.25, -0.2) is 18.1 Å². The Morgan fingerprint density at radius 1 is 0.969 bits per heavy atom. The number of pyridine rings is 1. The Morgan fingerprint density at radius 2 is 1.62 bits per heavy atom. The lowest BCUT2D eigenvalue weighted by molar-refractivity contribution is 0.102. The number of amides is 1. The van der Waals surface area contributed by atoms with E-state index in [-0.39, 0.29) is 22.8 Å². The number of carbonyl (C=O) groups excluding carboxylic acids is 1. The van der Waals surface area contributed by atoms with E-state index >= 15 is 0 Å². The van der Waals surface area contributed by atoms with E-state index in [4.69, 9.17) is 4.74 Å². The lowest BCUT2D eigenvalue weighted by Gasteiger charge is -2.19. The molecule has 0 fully saturated rings. The second kappa shape index (κ2) is 9.50. The largest absolute Gasteiger partial charge is 0.481 e. The van der Waals surface area contributed by atoms with E-state index in [0.29, 0.717) is 17.1 Å². The molecule has 0 aliphatic rings. The van der Waals surface area contributed by atoms with Crippen molar-refractivity contribution >= 4 is 21.6 Å². The smallest absolute Gasteiger partial charge is 0.255 e. The van der Waals surface area contributed by atoms with Gasteiger partial charge in [0.1, 0.15) is 0 Å². The van der Waals surface area contributed by atoms with Crippen LogP contribution in [0.5, 0.6) is 5.88 Å². The van der Waals surface area contributed by atoms with Gasteiger partial charge in [0.25, 0.3) is 5.91 Å². The Bertz CT molecular complexity index is 1170. The van der Waals surface area contributed by atoms with Gasteiger partial charge >= 0.3 is 0 Å². The quantitative estimate of drug-likeness (QED) is 0.561. The highest BCUT2D eigenvalue weighted by Gasteiger charge is 2.17. The number of carbonyl (C=O) groups is 1. The molecule has 0 saturated carbocycles. The predicted molar refractivity (Wildman–Crippen MR) is 124 cm³/mol. The van der Waals surface area contributed by atoms with Crippen LogP contribution in [-0.2, 0) is 22.0 Å². The first kappa shape index (κ1) is 23.4. The number of nitrogens with zero attached hydrogens (tertiary/aromatic N) is 1. The predicted octanol–water partition coefficient (Wildman–Crippen LogP) is 4.12. The molecular weight excluding hydrogens is 426 g/mol. The van der Waals surface area contributed by atoms with E-state index in [1.807, 2.05) is 12.1 Å². The van der Waals surface area contributed by atoms with Gasteiger partial charge in [0.2, 0.25) is 15.9 Å². The van der Waals surface area contributed by atoms with E-state index < -0.39 is 10.0 Å². The number of sulfonamides is 1. The molecule has 0 spiro atoms. The van der Waals surface area contributed by atoms with Crippen LogP contribution >= 0.6 is 0 Å². The van der Waals surface area contributed by atoms with Crippen molar-refractivity contribution in [2.45, 2.75) is 37.6 Å². The Hall–Kier alpha value is -3.23. The average Bonchev–Trinajstić information content (AvgIpc) is 2.78. The molecule has 2 aromatic carbocycles. The first-order valence-electron chi connectivity index (χ1n) is 10.1. The van der Waals surface area contributed by atoms with E-state index in [9.17, 15) is 13.2 Å². The molecule has 2 N–H and O–H groups in total. The van der Waals surface area contributed by atoms with Crippen molar-refractivity contribution in [3.63, 3.8) is 0 Å². The molecule has 1 heterocycles. The number of methoxy groups -OCH3 is 1. The molecule has 0 aliphatic heterocycles. The highest BCUT2D eigenvalue weighted by atomic mass is 32.2. The number of hydrogen-bond donors (Lipinski definition) is 2. The number of benzene rings is 2. The summed E-state index contributed by atoms with van der Waals surface area (Å²) >= 11 is 0. The lowest BCUT2D eigenvalue weighted by atomic mass is 9.87. The maximum atomic E-state index is 12.6. The third kappa shape index (κ3) is 5.93. The molecule has 32 heavy (non-hydrogen) atoms. The molecule has 0 unspecified atom stereocenters. The molecule has 1 aromatic heterocycles. The number of rotatable bonds is 7. The zero-order valence-electron chi connectivity index (χ0n) is 18.5. The number of ether oxygens (including phenoxy) is 1. The molecule has 0 bridgehead atoms. The number of nitrogens with one attached hydrogen (secondary N) is 2. The van der Waals surface area contributed by atoms with E-state index in [1.54, 1.807) is 48.5 Å². The van der Waals surface area contributed by atoms with Gasteiger partial charge in [-0.05, 0) is 46.9 Å². The van der Waals surface area contributed by atoms with E-state index in [1.165, 1.54) is 13.3 Å². The summed E-state index contributed by atoms with van der Waals surface area (Å²) in [5, 5.41) is 2.75. The Kier molecular flexibility index (Phi) is 6.96. The van der Waals surface area contributed by atoms with Crippen molar-refractivity contribution in [3.05, 3.63) is 83.6 Å². The molecular formula is C24H27N3O4S. The normalized spacial score (nSPS) is 11.8. The van der Waals surface area contributed by atoms with Crippen LogP contribution in [-0.4, -0.2) is 26.4 Å². The van der Waals surface area contributed by atoms with Crippen LogP contribution in [0.2, 0.25) is 0 Å². The number of anilines is 1. The van der Waals surface area contributed by atoms with Crippen LogP contribution in [0.1, 0.15) is 42.3 Å². The van der Waals surface area contributed by atoms with Gasteiger partial charge in [0, 0.05) is 18.2 Å². The molecule has 168 valence electrons. The lowest BCUT2D eigenvalue weighted by Crippen LogP contribution is -2.23. The van der Waals surface area contributed by atoms with Gasteiger partial charge in [-0.1, -0.05) is 45.0 Å². The van der Waals surface area contributed by atoms with Gasteiger partial charge in [-0.15, -0.1) is 0 Å². The van der Waals surface area contributed by atoms with Crippen LogP contribution in [0.4, 0.5) is 5.69 Å². The van der Waals surface area contributed by atoms with Gasteiger partial charge in [0.05, 0.1) is 23.9 Å². The molecule has 0 atom stereocenters. The van der Waals surface area contributed by atoms with Crippen LogP contribution in [0, 0.1) is 0 Å². The van der Waals surface area contributed by atoms with E-state index in [2.05, 4.69) is 35.8 Å². The maximum Gasteiger partial charge on any atom is 0.255 e. The van der Waals surface area contributed by atoms with Crippen molar-refractivity contribution in [2.24, 2.45) is 0 Å². The summed E-state index contributed by atoms with van der Waals surface area (Å²) < 4.78 is 32.8. The average molecular weight is 454 g/mol.